The summed E-state index contributed by atoms with van der Waals surface area (Å²) in [5, 5.41) is 0. The molecule has 1 fully saturated rings. The van der Waals surface area contributed by atoms with E-state index in [1.54, 1.807) is 50.9 Å². The summed E-state index contributed by atoms with van der Waals surface area (Å²) in [6.45, 7) is 8.09. The van der Waals surface area contributed by atoms with E-state index in [1.165, 1.54) is 4.90 Å². The molecule has 0 unspecified atom stereocenters. The van der Waals surface area contributed by atoms with Gasteiger partial charge in [-0.1, -0.05) is 6.07 Å². The van der Waals surface area contributed by atoms with E-state index in [2.05, 4.69) is 4.98 Å². The number of ketones is 1. The number of likely N-dealkylation sites (tertiary alicyclic amines) is 1. The summed E-state index contributed by atoms with van der Waals surface area (Å²) >= 11 is 0. The maximum atomic E-state index is 12.7. The van der Waals surface area contributed by atoms with Crippen molar-refractivity contribution in [1.29, 1.82) is 0 Å². The van der Waals surface area contributed by atoms with Gasteiger partial charge >= 0.3 is 6.09 Å². The smallest absolute Gasteiger partial charge is 0.410 e. The van der Waals surface area contributed by atoms with Crippen molar-refractivity contribution in [2.24, 2.45) is 0 Å². The van der Waals surface area contributed by atoms with E-state index in [4.69, 9.17) is 4.74 Å². The van der Waals surface area contributed by atoms with Crippen LogP contribution in [0.3, 0.4) is 0 Å². The Bertz CT molecular complexity index is 662. The van der Waals surface area contributed by atoms with Crippen LogP contribution in [0.4, 0.5) is 4.79 Å². The van der Waals surface area contributed by atoms with Gasteiger partial charge in [0.15, 0.2) is 5.78 Å². The van der Waals surface area contributed by atoms with Crippen LogP contribution in [0.25, 0.3) is 0 Å². The molecule has 2 amide bonds. The summed E-state index contributed by atoms with van der Waals surface area (Å²) in [6.07, 6.45) is 2.60. The molecule has 7 nitrogen and oxygen atoms in total. The fraction of sp³-hybridized carbons (Fsp3) is 0.600. The number of aromatic nitrogens is 1. The highest BCUT2D eigenvalue weighted by molar-refractivity contribution is 5.85. The second-order valence-electron chi connectivity index (χ2n) is 7.88. The van der Waals surface area contributed by atoms with Crippen LogP contribution in [-0.2, 0) is 20.7 Å². The van der Waals surface area contributed by atoms with Crippen molar-refractivity contribution in [3.8, 4) is 0 Å². The minimum atomic E-state index is -0.639. The molecular formula is C20H29N3O4. The van der Waals surface area contributed by atoms with Crippen LogP contribution in [0.2, 0.25) is 0 Å². The van der Waals surface area contributed by atoms with E-state index in [-0.39, 0.29) is 30.7 Å². The lowest BCUT2D eigenvalue weighted by molar-refractivity contribution is -0.130. The standard InChI is InChI=1S/C20H29N3O4/c1-15(24)22-11-8-17(9-12-22)23(19(26)27-20(2,3)4)14-18(25)13-16-7-5-6-10-21-16/h5-7,10,17H,8-9,11-14H2,1-4H3. The van der Waals surface area contributed by atoms with Crippen LogP contribution in [0.1, 0.15) is 46.2 Å². The number of hydrogen-bond donors (Lipinski definition) is 0. The zero-order valence-electron chi connectivity index (χ0n) is 16.6. The Labute approximate surface area is 160 Å². The number of hydrogen-bond acceptors (Lipinski definition) is 5. The van der Waals surface area contributed by atoms with E-state index >= 15 is 0 Å². The average Bonchev–Trinajstić information content (AvgIpc) is 2.59. The summed E-state index contributed by atoms with van der Waals surface area (Å²) in [7, 11) is 0. The van der Waals surface area contributed by atoms with Gasteiger partial charge in [0.05, 0.1) is 13.0 Å². The van der Waals surface area contributed by atoms with Gasteiger partial charge in [0.25, 0.3) is 0 Å². The molecule has 0 aliphatic carbocycles. The first-order chi connectivity index (χ1) is 12.7. The fourth-order valence-electron chi connectivity index (χ4n) is 3.11. The van der Waals surface area contributed by atoms with Gasteiger partial charge in [0.2, 0.25) is 5.91 Å². The number of carbonyl (C=O) groups excluding carboxylic acids is 3. The summed E-state index contributed by atoms with van der Waals surface area (Å²) in [6, 6.07) is 5.30. The van der Waals surface area contributed by atoms with E-state index in [1.807, 2.05) is 6.07 Å². The number of nitrogens with zero attached hydrogens (tertiary/aromatic N) is 3. The number of carbonyl (C=O) groups is 3. The normalized spacial score (nSPS) is 15.3. The molecular weight excluding hydrogens is 346 g/mol. The van der Waals surface area contributed by atoms with Crippen LogP contribution in [0.15, 0.2) is 24.4 Å². The molecule has 2 heterocycles. The minimum absolute atomic E-state index is 0.0176. The summed E-state index contributed by atoms with van der Waals surface area (Å²) < 4.78 is 5.52. The van der Waals surface area contributed by atoms with Gasteiger partial charge < -0.3 is 9.64 Å². The zero-order chi connectivity index (χ0) is 20.0. The van der Waals surface area contributed by atoms with E-state index < -0.39 is 11.7 Å². The van der Waals surface area contributed by atoms with Crippen molar-refractivity contribution in [3.63, 3.8) is 0 Å². The second-order valence-corrected chi connectivity index (χ2v) is 7.88. The molecule has 7 heteroatoms. The molecule has 148 valence electrons. The first kappa shape index (κ1) is 20.9. The van der Waals surface area contributed by atoms with Crippen LogP contribution in [-0.4, -0.2) is 63.8 Å². The molecule has 1 aliphatic rings. The number of rotatable bonds is 5. The third kappa shape index (κ3) is 6.66. The molecule has 0 atom stereocenters. The molecule has 1 aromatic rings. The quantitative estimate of drug-likeness (QED) is 0.790. The monoisotopic (exact) mass is 375 g/mol. The fourth-order valence-corrected chi connectivity index (χ4v) is 3.11. The molecule has 0 spiro atoms. The topological polar surface area (TPSA) is 79.8 Å². The van der Waals surface area contributed by atoms with Gasteiger partial charge in [-0.2, -0.15) is 0 Å². The highest BCUT2D eigenvalue weighted by atomic mass is 16.6. The largest absolute Gasteiger partial charge is 0.444 e. The van der Waals surface area contributed by atoms with Crippen molar-refractivity contribution in [2.45, 2.75) is 58.6 Å². The number of Topliss-reactive ketones (excluding diaryl/α,β-unsaturated/α-hetero) is 1. The van der Waals surface area contributed by atoms with Crippen molar-refractivity contribution < 1.29 is 19.1 Å². The maximum absolute atomic E-state index is 12.7. The Kier molecular flexibility index (Phi) is 6.93. The first-order valence-corrected chi connectivity index (χ1v) is 9.32. The Morgan fingerprint density at radius 1 is 1.22 bits per heavy atom. The number of pyridine rings is 1. The highest BCUT2D eigenvalue weighted by Gasteiger charge is 2.32. The number of piperidine rings is 1. The highest BCUT2D eigenvalue weighted by Crippen LogP contribution is 2.20. The Hall–Kier alpha value is -2.44. The van der Waals surface area contributed by atoms with Crippen molar-refractivity contribution >= 4 is 17.8 Å². The van der Waals surface area contributed by atoms with Gasteiger partial charge in [-0.25, -0.2) is 4.79 Å². The van der Waals surface area contributed by atoms with Gasteiger partial charge in [-0.05, 0) is 45.7 Å². The Morgan fingerprint density at radius 2 is 1.89 bits per heavy atom. The Balaban J connectivity index is 2.06. The van der Waals surface area contributed by atoms with Gasteiger partial charge in [0.1, 0.15) is 5.60 Å². The SMILES string of the molecule is CC(=O)N1CCC(N(CC(=O)Cc2ccccn2)C(=O)OC(C)(C)C)CC1. The van der Waals surface area contributed by atoms with Gasteiger partial charge in [-0.15, -0.1) is 0 Å². The molecule has 27 heavy (non-hydrogen) atoms. The molecule has 1 aromatic heterocycles. The third-order valence-corrected chi connectivity index (χ3v) is 4.43. The molecule has 1 saturated heterocycles. The van der Waals surface area contributed by atoms with Crippen molar-refractivity contribution in [1.82, 2.24) is 14.8 Å². The molecule has 0 aromatic carbocycles. The number of ether oxygens (including phenoxy) is 1. The lowest BCUT2D eigenvalue weighted by atomic mass is 10.0. The molecule has 0 saturated carbocycles. The Morgan fingerprint density at radius 3 is 2.41 bits per heavy atom. The zero-order valence-corrected chi connectivity index (χ0v) is 16.6. The third-order valence-electron chi connectivity index (χ3n) is 4.43. The van der Waals surface area contributed by atoms with Crippen molar-refractivity contribution in [2.75, 3.05) is 19.6 Å². The summed E-state index contributed by atoms with van der Waals surface area (Å²) in [4.78, 5) is 44.3. The summed E-state index contributed by atoms with van der Waals surface area (Å²) in [5.74, 6) is -0.0583. The van der Waals surface area contributed by atoms with Gasteiger partial charge in [-0.3, -0.25) is 19.5 Å². The number of amides is 2. The lowest BCUT2D eigenvalue weighted by Crippen LogP contribution is -2.51. The van der Waals surface area contributed by atoms with E-state index in [9.17, 15) is 14.4 Å². The van der Waals surface area contributed by atoms with Gasteiger partial charge in [0, 0.05) is 37.9 Å². The predicted octanol–water partition coefficient (Wildman–Crippen LogP) is 2.44. The molecule has 0 radical (unpaired) electrons. The lowest BCUT2D eigenvalue weighted by Gasteiger charge is -2.38. The molecule has 2 rings (SSSR count). The minimum Gasteiger partial charge on any atom is -0.444 e. The predicted molar refractivity (Wildman–Crippen MR) is 101 cm³/mol. The summed E-state index contributed by atoms with van der Waals surface area (Å²) in [5.41, 5.74) is 0.0393. The van der Waals surface area contributed by atoms with Crippen molar-refractivity contribution in [3.05, 3.63) is 30.1 Å². The first-order valence-electron chi connectivity index (χ1n) is 9.32. The second kappa shape index (κ2) is 8.97. The van der Waals surface area contributed by atoms with Crippen LogP contribution in [0, 0.1) is 0 Å². The average molecular weight is 375 g/mol. The molecule has 1 aliphatic heterocycles. The van der Waals surface area contributed by atoms with Crippen LogP contribution < -0.4 is 0 Å². The van der Waals surface area contributed by atoms with Crippen LogP contribution in [0.5, 0.6) is 0 Å². The maximum Gasteiger partial charge on any atom is 0.410 e. The molecule has 0 bridgehead atoms. The van der Waals surface area contributed by atoms with E-state index in [0.29, 0.717) is 31.6 Å². The van der Waals surface area contributed by atoms with Crippen LogP contribution >= 0.6 is 0 Å². The molecule has 0 N–H and O–H groups in total. The van der Waals surface area contributed by atoms with E-state index in [0.717, 1.165) is 0 Å².